The molecule has 0 amide bonds. The molecule has 0 bridgehead atoms. The zero-order valence-electron chi connectivity index (χ0n) is 4.73. The van der Waals surface area contributed by atoms with Crippen molar-refractivity contribution in [3.8, 4) is 0 Å². The van der Waals surface area contributed by atoms with Crippen molar-refractivity contribution in [2.45, 2.75) is 18.6 Å². The van der Waals surface area contributed by atoms with Gasteiger partial charge >= 0.3 is 0 Å². The van der Waals surface area contributed by atoms with Gasteiger partial charge in [0.05, 0.1) is 5.25 Å². The largest absolute Gasteiger partial charge is 0.250 e. The zero-order valence-corrected chi connectivity index (χ0v) is 6.36. The van der Waals surface area contributed by atoms with Gasteiger partial charge in [0.15, 0.2) is 0 Å². The van der Waals surface area contributed by atoms with E-state index in [1.807, 2.05) is 0 Å². The smallest absolute Gasteiger partial charge is 0.209 e. The molecule has 1 unspecified atom stereocenters. The van der Waals surface area contributed by atoms with Crippen molar-refractivity contribution >= 4 is 21.6 Å². The Balaban J connectivity index is 3.17. The first-order chi connectivity index (χ1) is 3.68. The van der Waals surface area contributed by atoms with Crippen LogP contribution in [0.25, 0.3) is 0 Å². The third-order valence-corrected chi connectivity index (χ3v) is 2.79. The van der Waals surface area contributed by atoms with Gasteiger partial charge in [0, 0.05) is 0 Å². The highest BCUT2D eigenvalue weighted by molar-refractivity contribution is 8.76. The molecule has 0 aliphatic carbocycles. The minimum atomic E-state index is -2.19. The first-order valence-corrected chi connectivity index (χ1v) is 4.78. The molecular formula is C4H8F2S2. The summed E-state index contributed by atoms with van der Waals surface area (Å²) in [6.45, 7) is 1.52. The van der Waals surface area contributed by atoms with Crippen molar-refractivity contribution in [2.75, 3.05) is 6.26 Å². The Kier molecular flexibility index (Phi) is 4.75. The van der Waals surface area contributed by atoms with Crippen LogP contribution in [0.4, 0.5) is 8.78 Å². The molecule has 0 aliphatic heterocycles. The monoisotopic (exact) mass is 158 g/mol. The molecule has 0 heterocycles. The van der Waals surface area contributed by atoms with Crippen LogP contribution in [0, 0.1) is 0 Å². The molecule has 0 aromatic rings. The molecule has 0 aliphatic rings. The van der Waals surface area contributed by atoms with E-state index in [0.29, 0.717) is 0 Å². The summed E-state index contributed by atoms with van der Waals surface area (Å²) in [7, 11) is 2.58. The molecule has 0 spiro atoms. The Hall–Kier alpha value is 0.560. The standard InChI is InChI=1S/C4H8F2S2/c1-3(4(5)6)8-7-2/h3-4H,1-2H3. The van der Waals surface area contributed by atoms with Crippen LogP contribution >= 0.6 is 21.6 Å². The highest BCUT2D eigenvalue weighted by Crippen LogP contribution is 2.27. The van der Waals surface area contributed by atoms with E-state index in [2.05, 4.69) is 0 Å². The molecule has 8 heavy (non-hydrogen) atoms. The van der Waals surface area contributed by atoms with E-state index in [4.69, 9.17) is 0 Å². The third-order valence-electron chi connectivity index (χ3n) is 0.603. The molecule has 0 aromatic carbocycles. The van der Waals surface area contributed by atoms with Gasteiger partial charge in [-0.2, -0.15) is 0 Å². The Morgan fingerprint density at radius 3 is 2.00 bits per heavy atom. The van der Waals surface area contributed by atoms with E-state index in [0.717, 1.165) is 0 Å². The Morgan fingerprint density at radius 1 is 1.38 bits per heavy atom. The van der Waals surface area contributed by atoms with Gasteiger partial charge in [0.25, 0.3) is 6.43 Å². The van der Waals surface area contributed by atoms with E-state index in [1.54, 1.807) is 6.26 Å². The lowest BCUT2D eigenvalue weighted by Crippen LogP contribution is -2.06. The molecule has 0 nitrogen and oxygen atoms in total. The van der Waals surface area contributed by atoms with E-state index < -0.39 is 11.7 Å². The molecular weight excluding hydrogens is 150 g/mol. The molecule has 50 valence electrons. The highest BCUT2D eigenvalue weighted by atomic mass is 33.1. The molecule has 0 saturated heterocycles. The minimum absolute atomic E-state index is 0.537. The van der Waals surface area contributed by atoms with Crippen LogP contribution in [0.3, 0.4) is 0 Å². The van der Waals surface area contributed by atoms with Crippen molar-refractivity contribution in [2.24, 2.45) is 0 Å². The van der Waals surface area contributed by atoms with Crippen LogP contribution in [-0.2, 0) is 0 Å². The Bertz CT molecular complexity index is 58.0. The summed E-state index contributed by atoms with van der Waals surface area (Å²) in [4.78, 5) is 0. The molecule has 0 fully saturated rings. The van der Waals surface area contributed by atoms with Crippen LogP contribution in [0.5, 0.6) is 0 Å². The molecule has 0 aromatic heterocycles. The summed E-state index contributed by atoms with van der Waals surface area (Å²) < 4.78 is 23.2. The van der Waals surface area contributed by atoms with Gasteiger partial charge in [-0.3, -0.25) is 0 Å². The van der Waals surface area contributed by atoms with Gasteiger partial charge in [-0.15, -0.1) is 0 Å². The minimum Gasteiger partial charge on any atom is -0.209 e. The first kappa shape index (κ1) is 8.56. The quantitative estimate of drug-likeness (QED) is 0.579. The topological polar surface area (TPSA) is 0 Å². The average molecular weight is 158 g/mol. The Morgan fingerprint density at radius 2 is 1.88 bits per heavy atom. The molecule has 0 N–H and O–H groups in total. The number of alkyl halides is 2. The summed E-state index contributed by atoms with van der Waals surface area (Å²) in [5, 5.41) is -0.537. The summed E-state index contributed by atoms with van der Waals surface area (Å²) in [5.74, 6) is 0. The summed E-state index contributed by atoms with van der Waals surface area (Å²) >= 11 is 0. The van der Waals surface area contributed by atoms with Crippen LogP contribution < -0.4 is 0 Å². The van der Waals surface area contributed by atoms with Gasteiger partial charge in [0.1, 0.15) is 0 Å². The highest BCUT2D eigenvalue weighted by Gasteiger charge is 2.13. The van der Waals surface area contributed by atoms with Gasteiger partial charge < -0.3 is 0 Å². The lowest BCUT2D eigenvalue weighted by Gasteiger charge is -2.04. The van der Waals surface area contributed by atoms with Crippen molar-refractivity contribution in [1.82, 2.24) is 0 Å². The molecule has 4 heteroatoms. The SMILES string of the molecule is CSSC(C)C(F)F. The van der Waals surface area contributed by atoms with Crippen molar-refractivity contribution in [3.63, 3.8) is 0 Å². The van der Waals surface area contributed by atoms with E-state index >= 15 is 0 Å². The fourth-order valence-corrected chi connectivity index (χ4v) is 1.74. The van der Waals surface area contributed by atoms with Crippen LogP contribution in [0.15, 0.2) is 0 Å². The fraction of sp³-hybridized carbons (Fsp3) is 1.00. The predicted molar refractivity (Wildman–Crippen MR) is 36.6 cm³/mol. The van der Waals surface area contributed by atoms with E-state index in [-0.39, 0.29) is 0 Å². The van der Waals surface area contributed by atoms with Gasteiger partial charge in [0.2, 0.25) is 0 Å². The molecule has 1 atom stereocenters. The van der Waals surface area contributed by atoms with Gasteiger partial charge in [-0.25, -0.2) is 8.78 Å². The summed E-state index contributed by atoms with van der Waals surface area (Å²) in [5.41, 5.74) is 0. The maximum atomic E-state index is 11.6. The average Bonchev–Trinajstić information content (AvgIpc) is 1.67. The first-order valence-electron chi connectivity index (χ1n) is 2.16. The number of hydrogen-bond donors (Lipinski definition) is 0. The summed E-state index contributed by atoms with van der Waals surface area (Å²) in [6.07, 6.45) is -0.392. The second kappa shape index (κ2) is 4.44. The van der Waals surface area contributed by atoms with Crippen molar-refractivity contribution < 1.29 is 8.78 Å². The van der Waals surface area contributed by atoms with E-state index in [1.165, 1.54) is 28.5 Å². The lowest BCUT2D eigenvalue weighted by atomic mass is 10.5. The third kappa shape index (κ3) is 3.55. The lowest BCUT2D eigenvalue weighted by molar-refractivity contribution is 0.150. The second-order valence-corrected chi connectivity index (χ2v) is 4.15. The Labute approximate surface area is 55.8 Å². The predicted octanol–water partition coefficient (Wildman–Crippen LogP) is 2.65. The van der Waals surface area contributed by atoms with Crippen LogP contribution in [0.1, 0.15) is 6.92 Å². The molecule has 0 radical (unpaired) electrons. The number of halogens is 2. The second-order valence-electron chi connectivity index (χ2n) is 1.30. The number of hydrogen-bond acceptors (Lipinski definition) is 2. The zero-order chi connectivity index (χ0) is 6.57. The van der Waals surface area contributed by atoms with Gasteiger partial charge in [-0.1, -0.05) is 21.6 Å². The maximum Gasteiger partial charge on any atom is 0.250 e. The van der Waals surface area contributed by atoms with Crippen LogP contribution in [-0.4, -0.2) is 17.9 Å². The number of rotatable bonds is 3. The van der Waals surface area contributed by atoms with Crippen molar-refractivity contribution in [1.29, 1.82) is 0 Å². The van der Waals surface area contributed by atoms with E-state index in [9.17, 15) is 8.78 Å². The molecule has 0 rings (SSSR count). The van der Waals surface area contributed by atoms with Crippen molar-refractivity contribution in [3.05, 3.63) is 0 Å². The summed E-state index contributed by atoms with van der Waals surface area (Å²) in [6, 6.07) is 0. The maximum absolute atomic E-state index is 11.6. The normalized spacial score (nSPS) is 14.6. The molecule has 0 saturated carbocycles. The van der Waals surface area contributed by atoms with Crippen LogP contribution in [0.2, 0.25) is 0 Å². The fourth-order valence-electron chi connectivity index (χ4n) is 0.194. The van der Waals surface area contributed by atoms with Gasteiger partial charge in [-0.05, 0) is 13.2 Å².